The summed E-state index contributed by atoms with van der Waals surface area (Å²) in [6.07, 6.45) is -0.0573. The molecule has 27 heavy (non-hydrogen) atoms. The summed E-state index contributed by atoms with van der Waals surface area (Å²) in [5.41, 5.74) is 4.08. The van der Waals surface area contributed by atoms with Crippen LogP contribution in [0.3, 0.4) is 0 Å². The predicted octanol–water partition coefficient (Wildman–Crippen LogP) is 2.23. The summed E-state index contributed by atoms with van der Waals surface area (Å²) in [6.45, 7) is 0. The van der Waals surface area contributed by atoms with Crippen LogP contribution in [0.4, 0.5) is 0 Å². The summed E-state index contributed by atoms with van der Waals surface area (Å²) in [7, 11) is -3.97. The number of carbonyl (C=O) groups excluding carboxylic acids is 1. The number of carbonyl (C=O) groups is 1. The van der Waals surface area contributed by atoms with Gasteiger partial charge in [0.15, 0.2) is 0 Å². The number of rotatable bonds is 6. The van der Waals surface area contributed by atoms with Crippen LogP contribution in [0.5, 0.6) is 0 Å². The van der Waals surface area contributed by atoms with Crippen LogP contribution in [0.25, 0.3) is 11.3 Å². The molecule has 2 aromatic carbocycles. The Hall–Kier alpha value is -3.06. The second-order valence-electron chi connectivity index (χ2n) is 5.46. The van der Waals surface area contributed by atoms with Crippen molar-refractivity contribution in [1.29, 1.82) is 5.26 Å². The third kappa shape index (κ3) is 4.77. The molecule has 0 saturated heterocycles. The number of hydrazine groups is 1. The van der Waals surface area contributed by atoms with Crippen LogP contribution < -0.4 is 10.3 Å². The van der Waals surface area contributed by atoms with Gasteiger partial charge in [-0.15, -0.1) is 16.2 Å². The molecule has 136 valence electrons. The highest BCUT2D eigenvalue weighted by molar-refractivity contribution is 7.89. The fourth-order valence-electron chi connectivity index (χ4n) is 2.23. The number of nitrogens with one attached hydrogen (secondary N) is 2. The van der Waals surface area contributed by atoms with Gasteiger partial charge < -0.3 is 0 Å². The molecule has 9 heteroatoms. The average molecular weight is 398 g/mol. The van der Waals surface area contributed by atoms with Crippen LogP contribution in [0, 0.1) is 11.3 Å². The van der Waals surface area contributed by atoms with Crippen molar-refractivity contribution < 1.29 is 13.2 Å². The molecular weight excluding hydrogens is 384 g/mol. The lowest BCUT2D eigenvalue weighted by Gasteiger charge is -2.08. The van der Waals surface area contributed by atoms with Gasteiger partial charge in [0.1, 0.15) is 5.01 Å². The largest absolute Gasteiger partial charge is 0.277 e. The smallest absolute Gasteiger partial charge is 0.257 e. The first-order valence-electron chi connectivity index (χ1n) is 7.78. The number of aromatic nitrogens is 1. The van der Waals surface area contributed by atoms with E-state index < -0.39 is 15.9 Å². The number of hydrogen-bond donors (Lipinski definition) is 2. The van der Waals surface area contributed by atoms with Crippen molar-refractivity contribution in [1.82, 2.24) is 15.2 Å². The molecule has 0 aliphatic heterocycles. The Morgan fingerprint density at radius 2 is 1.93 bits per heavy atom. The Morgan fingerprint density at radius 1 is 1.15 bits per heavy atom. The van der Waals surface area contributed by atoms with Crippen LogP contribution in [-0.2, 0) is 21.2 Å². The maximum atomic E-state index is 12.2. The van der Waals surface area contributed by atoms with Crippen molar-refractivity contribution in [3.8, 4) is 17.3 Å². The van der Waals surface area contributed by atoms with Crippen molar-refractivity contribution in [2.45, 2.75) is 11.3 Å². The van der Waals surface area contributed by atoms with Gasteiger partial charge in [0, 0.05) is 10.9 Å². The number of sulfonamides is 1. The molecular formula is C18H14N4O3S2. The lowest BCUT2D eigenvalue weighted by molar-refractivity contribution is -0.120. The highest BCUT2D eigenvalue weighted by atomic mass is 32.2. The van der Waals surface area contributed by atoms with Crippen molar-refractivity contribution in [2.24, 2.45) is 0 Å². The van der Waals surface area contributed by atoms with Gasteiger partial charge in [0.05, 0.1) is 28.6 Å². The maximum absolute atomic E-state index is 12.2. The first-order chi connectivity index (χ1) is 13.0. The van der Waals surface area contributed by atoms with E-state index in [1.165, 1.54) is 35.6 Å². The van der Waals surface area contributed by atoms with E-state index in [0.717, 1.165) is 11.3 Å². The zero-order valence-corrected chi connectivity index (χ0v) is 15.5. The zero-order valence-electron chi connectivity index (χ0n) is 13.9. The van der Waals surface area contributed by atoms with Crippen molar-refractivity contribution in [2.75, 3.05) is 0 Å². The minimum Gasteiger partial charge on any atom is -0.277 e. The second-order valence-corrected chi connectivity index (χ2v) is 8.09. The summed E-state index contributed by atoms with van der Waals surface area (Å²) >= 11 is 1.32. The molecule has 0 aliphatic rings. The normalized spacial score (nSPS) is 10.9. The van der Waals surface area contributed by atoms with E-state index >= 15 is 0 Å². The first-order valence-corrected chi connectivity index (χ1v) is 10.1. The highest BCUT2D eigenvalue weighted by Crippen LogP contribution is 2.21. The van der Waals surface area contributed by atoms with E-state index in [0.29, 0.717) is 5.01 Å². The molecule has 3 rings (SSSR count). The van der Waals surface area contributed by atoms with Gasteiger partial charge in [0.25, 0.3) is 10.0 Å². The minimum absolute atomic E-state index is 0.0573. The number of nitrogens with zero attached hydrogens (tertiary/aromatic N) is 2. The molecule has 7 nitrogen and oxygen atoms in total. The summed E-state index contributed by atoms with van der Waals surface area (Å²) < 4.78 is 24.4. The van der Waals surface area contributed by atoms with Crippen LogP contribution in [0.2, 0.25) is 0 Å². The van der Waals surface area contributed by atoms with Gasteiger partial charge >= 0.3 is 0 Å². The Labute approximate surface area is 160 Å². The Morgan fingerprint density at radius 3 is 2.67 bits per heavy atom. The molecule has 1 heterocycles. The molecule has 0 aliphatic carbocycles. The Kier molecular flexibility index (Phi) is 5.61. The van der Waals surface area contributed by atoms with Gasteiger partial charge in [-0.05, 0) is 18.2 Å². The second kappa shape index (κ2) is 8.09. The van der Waals surface area contributed by atoms with Crippen molar-refractivity contribution in [3.05, 3.63) is 70.5 Å². The molecule has 0 bridgehead atoms. The molecule has 2 N–H and O–H groups in total. The Balaban J connectivity index is 1.61. The topological polar surface area (TPSA) is 112 Å². The molecule has 1 aromatic heterocycles. The molecule has 0 unspecified atom stereocenters. The molecule has 0 spiro atoms. The number of hydrogen-bond acceptors (Lipinski definition) is 6. The van der Waals surface area contributed by atoms with Crippen molar-refractivity contribution >= 4 is 27.3 Å². The van der Waals surface area contributed by atoms with Crippen molar-refractivity contribution in [3.63, 3.8) is 0 Å². The van der Waals surface area contributed by atoms with Crippen LogP contribution in [-0.4, -0.2) is 19.3 Å². The van der Waals surface area contributed by atoms with E-state index in [1.807, 2.05) is 46.6 Å². The average Bonchev–Trinajstić information content (AvgIpc) is 3.16. The summed E-state index contributed by atoms with van der Waals surface area (Å²) in [5, 5.41) is 11.3. The van der Waals surface area contributed by atoms with Gasteiger partial charge in [-0.3, -0.25) is 10.2 Å². The van der Waals surface area contributed by atoms with Crippen LogP contribution >= 0.6 is 11.3 Å². The van der Waals surface area contributed by atoms with Crippen LogP contribution in [0.1, 0.15) is 10.6 Å². The number of amides is 1. The number of thiazole rings is 1. The molecule has 0 saturated carbocycles. The summed E-state index contributed by atoms with van der Waals surface area (Å²) in [5.74, 6) is -0.538. The molecule has 0 fully saturated rings. The monoisotopic (exact) mass is 398 g/mol. The van der Waals surface area contributed by atoms with Gasteiger partial charge in [0.2, 0.25) is 5.91 Å². The zero-order chi connectivity index (χ0) is 19.3. The van der Waals surface area contributed by atoms with E-state index in [1.54, 1.807) is 0 Å². The molecule has 3 aromatic rings. The highest BCUT2D eigenvalue weighted by Gasteiger charge is 2.16. The molecule has 0 radical (unpaired) electrons. The minimum atomic E-state index is -3.97. The molecule has 1 amide bonds. The van der Waals surface area contributed by atoms with E-state index in [4.69, 9.17) is 5.26 Å². The molecule has 0 atom stereocenters. The first kappa shape index (κ1) is 18.7. The number of benzene rings is 2. The third-order valence-electron chi connectivity index (χ3n) is 3.53. The SMILES string of the molecule is N#Cc1cccc(S(=O)(=O)NNC(=O)Cc2nc(-c3ccccc3)cs2)c1. The number of nitriles is 1. The van der Waals surface area contributed by atoms with Gasteiger partial charge in [-0.25, -0.2) is 13.4 Å². The van der Waals surface area contributed by atoms with Gasteiger partial charge in [-0.1, -0.05) is 36.4 Å². The van der Waals surface area contributed by atoms with E-state index in [-0.39, 0.29) is 16.9 Å². The maximum Gasteiger partial charge on any atom is 0.257 e. The third-order valence-corrected chi connectivity index (χ3v) is 5.63. The van der Waals surface area contributed by atoms with E-state index in [9.17, 15) is 13.2 Å². The Bertz CT molecular complexity index is 1100. The summed E-state index contributed by atoms with van der Waals surface area (Å²) in [4.78, 5) is 18.3. The lowest BCUT2D eigenvalue weighted by Crippen LogP contribution is -2.42. The fraction of sp³-hybridized carbons (Fsp3) is 0.0556. The fourth-order valence-corrected chi connectivity index (χ4v) is 3.94. The summed E-state index contributed by atoms with van der Waals surface area (Å²) in [6, 6.07) is 16.9. The van der Waals surface area contributed by atoms with E-state index in [2.05, 4.69) is 10.4 Å². The van der Waals surface area contributed by atoms with Crippen LogP contribution in [0.15, 0.2) is 64.9 Å². The standard InChI is InChI=1S/C18H14N4O3S2/c19-11-13-5-4-8-15(9-13)27(24,25)22-21-17(23)10-18-20-16(12-26-18)14-6-2-1-3-7-14/h1-9,12,22H,10H2,(H,21,23). The lowest BCUT2D eigenvalue weighted by atomic mass is 10.2. The quantitative estimate of drug-likeness (QED) is 0.619. The van der Waals surface area contributed by atoms with Gasteiger partial charge in [-0.2, -0.15) is 5.26 Å². The predicted molar refractivity (Wildman–Crippen MR) is 101 cm³/mol.